The number of aryl methyl sites for hydroxylation is 1. The number of hydrogen-bond donors (Lipinski definition) is 1. The molecule has 2 aromatic rings. The van der Waals surface area contributed by atoms with Gasteiger partial charge in [-0.15, -0.1) is 10.2 Å². The molecule has 0 saturated carbocycles. The van der Waals surface area contributed by atoms with Gasteiger partial charge in [-0.1, -0.05) is 12.1 Å². The number of nitrogens with one attached hydrogen (secondary N) is 1. The van der Waals surface area contributed by atoms with Crippen molar-refractivity contribution in [2.24, 2.45) is 0 Å². The summed E-state index contributed by atoms with van der Waals surface area (Å²) >= 11 is 2.06. The molecule has 1 N–H and O–H groups in total. The van der Waals surface area contributed by atoms with Crippen LogP contribution in [-0.4, -0.2) is 46.2 Å². The molecule has 0 aliphatic carbocycles. The molecule has 5 nitrogen and oxygen atoms in total. The molecule has 1 aromatic heterocycles. The predicted molar refractivity (Wildman–Crippen MR) is 95.0 cm³/mol. The number of anilines is 1. The second-order valence-corrected chi connectivity index (χ2v) is 7.15. The van der Waals surface area contributed by atoms with Crippen molar-refractivity contribution in [3.8, 4) is 0 Å². The minimum absolute atomic E-state index is 0.00731. The lowest BCUT2D eigenvalue weighted by Gasteiger charge is -2.26. The smallest absolute Gasteiger partial charge is 0.238 e. The lowest BCUT2D eigenvalue weighted by Crippen LogP contribution is -2.34. The summed E-state index contributed by atoms with van der Waals surface area (Å²) in [4.78, 5) is 2.56. The van der Waals surface area contributed by atoms with Crippen LogP contribution in [0.5, 0.6) is 0 Å². The molecule has 1 unspecified atom stereocenters. The van der Waals surface area contributed by atoms with Gasteiger partial charge in [-0.25, -0.2) is 0 Å². The van der Waals surface area contributed by atoms with Gasteiger partial charge in [-0.3, -0.25) is 0 Å². The Morgan fingerprint density at radius 1 is 1.22 bits per heavy atom. The van der Waals surface area contributed by atoms with E-state index in [9.17, 15) is 0 Å². The van der Waals surface area contributed by atoms with Gasteiger partial charge in [0.1, 0.15) is 6.04 Å². The maximum Gasteiger partial charge on any atom is 0.238 e. The Balaban J connectivity index is 1.50. The van der Waals surface area contributed by atoms with Gasteiger partial charge in [-0.2, -0.15) is 11.8 Å². The Bertz CT molecular complexity index is 607. The molecule has 0 amide bonds. The zero-order valence-electron chi connectivity index (χ0n) is 13.8. The molecule has 1 aromatic carbocycles. The van der Waals surface area contributed by atoms with E-state index in [0.717, 1.165) is 18.7 Å². The summed E-state index contributed by atoms with van der Waals surface area (Å²) in [6, 6.07) is 8.66. The molecule has 1 atom stereocenters. The van der Waals surface area contributed by atoms with Gasteiger partial charge in [-0.05, 0) is 31.0 Å². The first-order chi connectivity index (χ1) is 11.2. The van der Waals surface area contributed by atoms with Gasteiger partial charge < -0.3 is 14.6 Å². The van der Waals surface area contributed by atoms with Crippen LogP contribution in [0.4, 0.5) is 5.69 Å². The van der Waals surface area contributed by atoms with Crippen LogP contribution in [0.2, 0.25) is 0 Å². The molecule has 1 aliphatic heterocycles. The fraction of sp³-hybridized carbons (Fsp3) is 0.529. The lowest BCUT2D eigenvalue weighted by atomic mass is 10.1. The first-order valence-electron chi connectivity index (χ1n) is 8.16. The summed E-state index contributed by atoms with van der Waals surface area (Å²) in [5.74, 6) is 3.76. The maximum atomic E-state index is 5.46. The lowest BCUT2D eigenvalue weighted by molar-refractivity contribution is 0.306. The summed E-state index contributed by atoms with van der Waals surface area (Å²) in [6.45, 7) is 7.44. The first-order valence-corrected chi connectivity index (χ1v) is 9.32. The third kappa shape index (κ3) is 4.72. The molecule has 23 heavy (non-hydrogen) atoms. The van der Waals surface area contributed by atoms with E-state index in [1.807, 2.05) is 6.92 Å². The average Bonchev–Trinajstić information content (AvgIpc) is 3.02. The molecule has 1 saturated heterocycles. The number of benzene rings is 1. The Morgan fingerprint density at radius 3 is 2.61 bits per heavy atom. The molecule has 1 fully saturated rings. The number of aromatic nitrogens is 2. The molecule has 3 rings (SSSR count). The van der Waals surface area contributed by atoms with E-state index in [4.69, 9.17) is 4.42 Å². The van der Waals surface area contributed by atoms with Gasteiger partial charge in [0.05, 0.1) is 0 Å². The molecular weight excluding hydrogens is 308 g/mol. The van der Waals surface area contributed by atoms with Gasteiger partial charge in [0.25, 0.3) is 0 Å². The molecule has 6 heteroatoms. The largest absolute Gasteiger partial charge is 0.423 e. The van der Waals surface area contributed by atoms with Crippen LogP contribution >= 0.6 is 11.8 Å². The topological polar surface area (TPSA) is 54.2 Å². The van der Waals surface area contributed by atoms with E-state index in [0.29, 0.717) is 11.8 Å². The molecular formula is C17H24N4OS. The SMILES string of the molecule is Cc1nnc(C(C)Nc2ccc(CCN3CCSCC3)cc2)o1. The number of hydrogen-bond acceptors (Lipinski definition) is 6. The summed E-state index contributed by atoms with van der Waals surface area (Å²) in [7, 11) is 0. The molecule has 0 radical (unpaired) electrons. The third-order valence-corrected chi connectivity index (χ3v) is 5.01. The molecule has 124 valence electrons. The quantitative estimate of drug-likeness (QED) is 0.877. The second kappa shape index (κ2) is 7.84. The summed E-state index contributed by atoms with van der Waals surface area (Å²) in [5.41, 5.74) is 2.46. The molecule has 1 aliphatic rings. The van der Waals surface area contributed by atoms with Crippen molar-refractivity contribution in [1.29, 1.82) is 0 Å². The van der Waals surface area contributed by atoms with Crippen molar-refractivity contribution in [2.75, 3.05) is 36.5 Å². The Kier molecular flexibility index (Phi) is 5.56. The van der Waals surface area contributed by atoms with Crippen LogP contribution in [0.3, 0.4) is 0 Å². The van der Waals surface area contributed by atoms with Gasteiger partial charge in [0.2, 0.25) is 11.8 Å². The monoisotopic (exact) mass is 332 g/mol. The predicted octanol–water partition coefficient (Wildman–Crippen LogP) is 3.14. The fourth-order valence-electron chi connectivity index (χ4n) is 2.68. The maximum absolute atomic E-state index is 5.46. The summed E-state index contributed by atoms with van der Waals surface area (Å²) in [6.07, 6.45) is 1.11. The van der Waals surface area contributed by atoms with Crippen LogP contribution in [0.1, 0.15) is 30.3 Å². The Labute approximate surface area is 141 Å². The highest BCUT2D eigenvalue weighted by molar-refractivity contribution is 7.99. The molecule has 0 spiro atoms. The van der Waals surface area contributed by atoms with Crippen molar-refractivity contribution >= 4 is 17.4 Å². The van der Waals surface area contributed by atoms with Gasteiger partial charge in [0, 0.05) is 43.8 Å². The molecule has 2 heterocycles. The van der Waals surface area contributed by atoms with Crippen LogP contribution in [0.25, 0.3) is 0 Å². The van der Waals surface area contributed by atoms with E-state index >= 15 is 0 Å². The van der Waals surface area contributed by atoms with Crippen LogP contribution < -0.4 is 5.32 Å². The third-order valence-electron chi connectivity index (χ3n) is 4.07. The van der Waals surface area contributed by atoms with Crippen molar-refractivity contribution in [1.82, 2.24) is 15.1 Å². The standard InChI is InChI=1S/C17H24N4OS/c1-13(17-20-19-14(2)22-17)18-16-5-3-15(4-6-16)7-8-21-9-11-23-12-10-21/h3-6,13,18H,7-12H2,1-2H3. The van der Waals surface area contributed by atoms with Crippen LogP contribution in [-0.2, 0) is 6.42 Å². The zero-order valence-corrected chi connectivity index (χ0v) is 14.6. The minimum atomic E-state index is 0.00731. The van der Waals surface area contributed by atoms with Crippen molar-refractivity contribution in [3.05, 3.63) is 41.6 Å². The molecule has 0 bridgehead atoms. The van der Waals surface area contributed by atoms with Crippen LogP contribution in [0, 0.1) is 6.92 Å². The Hall–Kier alpha value is -1.53. The van der Waals surface area contributed by atoms with Gasteiger partial charge in [0.15, 0.2) is 0 Å². The highest BCUT2D eigenvalue weighted by Crippen LogP contribution is 2.19. The van der Waals surface area contributed by atoms with E-state index in [1.165, 1.54) is 30.2 Å². The first kappa shape index (κ1) is 16.3. The zero-order chi connectivity index (χ0) is 16.1. The normalized spacial score (nSPS) is 17.1. The number of nitrogens with zero attached hydrogens (tertiary/aromatic N) is 3. The van der Waals surface area contributed by atoms with E-state index < -0.39 is 0 Å². The average molecular weight is 332 g/mol. The summed E-state index contributed by atoms with van der Waals surface area (Å²) in [5, 5.41) is 11.3. The van der Waals surface area contributed by atoms with E-state index in [1.54, 1.807) is 6.92 Å². The highest BCUT2D eigenvalue weighted by atomic mass is 32.2. The van der Waals surface area contributed by atoms with E-state index in [-0.39, 0.29) is 6.04 Å². The van der Waals surface area contributed by atoms with Crippen molar-refractivity contribution in [2.45, 2.75) is 26.3 Å². The summed E-state index contributed by atoms with van der Waals surface area (Å²) < 4.78 is 5.46. The number of thioether (sulfide) groups is 1. The fourth-order valence-corrected chi connectivity index (χ4v) is 3.66. The van der Waals surface area contributed by atoms with Crippen molar-refractivity contribution < 1.29 is 4.42 Å². The van der Waals surface area contributed by atoms with E-state index in [2.05, 4.69) is 56.4 Å². The van der Waals surface area contributed by atoms with Gasteiger partial charge >= 0.3 is 0 Å². The second-order valence-electron chi connectivity index (χ2n) is 5.93. The Morgan fingerprint density at radius 2 is 1.96 bits per heavy atom. The minimum Gasteiger partial charge on any atom is -0.423 e. The highest BCUT2D eigenvalue weighted by Gasteiger charge is 2.12. The number of rotatable bonds is 6. The van der Waals surface area contributed by atoms with Crippen molar-refractivity contribution in [3.63, 3.8) is 0 Å². The van der Waals surface area contributed by atoms with Crippen LogP contribution in [0.15, 0.2) is 28.7 Å².